The third-order valence-corrected chi connectivity index (χ3v) is 3.54. The van der Waals surface area contributed by atoms with Crippen LogP contribution in [0.15, 0.2) is 30.3 Å². The minimum absolute atomic E-state index is 0.0443. The number of rotatable bonds is 4. The van der Waals surface area contributed by atoms with Crippen molar-refractivity contribution in [3.05, 3.63) is 35.9 Å². The Morgan fingerprint density at radius 1 is 1.30 bits per heavy atom. The van der Waals surface area contributed by atoms with Crippen molar-refractivity contribution in [3.63, 3.8) is 0 Å². The fraction of sp³-hybridized carbons (Fsp3) is 0.500. The molecule has 20 heavy (non-hydrogen) atoms. The summed E-state index contributed by atoms with van der Waals surface area (Å²) in [6.07, 6.45) is 1.64. The molecule has 0 radical (unpaired) electrons. The zero-order chi connectivity index (χ0) is 14.5. The van der Waals surface area contributed by atoms with E-state index in [1.807, 2.05) is 30.3 Å². The smallest absolute Gasteiger partial charge is 0.318 e. The fourth-order valence-corrected chi connectivity index (χ4v) is 2.47. The van der Waals surface area contributed by atoms with Crippen molar-refractivity contribution in [2.75, 3.05) is 13.1 Å². The molecular weight excluding hydrogens is 252 g/mol. The fourth-order valence-electron chi connectivity index (χ4n) is 2.47. The van der Waals surface area contributed by atoms with Gasteiger partial charge in [-0.05, 0) is 18.8 Å². The molecule has 1 unspecified atom stereocenters. The molecule has 108 valence electrons. The van der Waals surface area contributed by atoms with E-state index in [-0.39, 0.29) is 17.9 Å². The molecule has 4 heteroatoms. The highest BCUT2D eigenvalue weighted by atomic mass is 16.2. The zero-order valence-electron chi connectivity index (χ0n) is 12.1. The Balaban J connectivity index is 2.04. The quantitative estimate of drug-likeness (QED) is 0.858. The first-order valence-electron chi connectivity index (χ1n) is 7.23. The average molecular weight is 274 g/mol. The van der Waals surface area contributed by atoms with Gasteiger partial charge in [0.2, 0.25) is 0 Å². The molecule has 1 aliphatic heterocycles. The van der Waals surface area contributed by atoms with Crippen molar-refractivity contribution >= 4 is 11.8 Å². The summed E-state index contributed by atoms with van der Waals surface area (Å²) in [6, 6.07) is 8.78. The van der Waals surface area contributed by atoms with Crippen LogP contribution in [0.2, 0.25) is 0 Å². The van der Waals surface area contributed by atoms with Gasteiger partial charge in [0.15, 0.2) is 5.78 Å². The zero-order valence-corrected chi connectivity index (χ0v) is 12.1. The van der Waals surface area contributed by atoms with Crippen LogP contribution in [0.25, 0.3) is 0 Å². The predicted molar refractivity (Wildman–Crippen MR) is 78.7 cm³/mol. The second kappa shape index (κ2) is 6.55. The Bertz CT molecular complexity index is 471. The second-order valence-corrected chi connectivity index (χ2v) is 5.66. The highest BCUT2D eigenvalue weighted by molar-refractivity contribution is 6.02. The van der Waals surface area contributed by atoms with E-state index in [4.69, 9.17) is 0 Å². The number of urea groups is 1. The molecule has 1 N–H and O–H groups in total. The van der Waals surface area contributed by atoms with Crippen LogP contribution in [0.5, 0.6) is 0 Å². The minimum atomic E-state index is -0.315. The first-order chi connectivity index (χ1) is 9.59. The number of hydrogen-bond acceptors (Lipinski definition) is 2. The summed E-state index contributed by atoms with van der Waals surface area (Å²) in [5.74, 6) is 0.452. The van der Waals surface area contributed by atoms with Gasteiger partial charge in [0, 0.05) is 18.7 Å². The summed E-state index contributed by atoms with van der Waals surface area (Å²) < 4.78 is 0. The lowest BCUT2D eigenvalue weighted by Crippen LogP contribution is -2.46. The molecule has 0 aliphatic carbocycles. The Morgan fingerprint density at radius 3 is 2.65 bits per heavy atom. The van der Waals surface area contributed by atoms with E-state index in [1.165, 1.54) is 0 Å². The van der Waals surface area contributed by atoms with Gasteiger partial charge in [-0.25, -0.2) is 4.79 Å². The van der Waals surface area contributed by atoms with E-state index in [1.54, 1.807) is 4.90 Å². The van der Waals surface area contributed by atoms with Crippen molar-refractivity contribution in [3.8, 4) is 0 Å². The third kappa shape index (κ3) is 3.38. The predicted octanol–water partition coefficient (Wildman–Crippen LogP) is 2.70. The number of ketones is 1. The molecule has 0 aromatic heterocycles. The normalized spacial score (nSPS) is 18.4. The van der Waals surface area contributed by atoms with Gasteiger partial charge in [0.1, 0.15) is 0 Å². The van der Waals surface area contributed by atoms with Crippen LogP contribution in [-0.2, 0) is 0 Å². The van der Waals surface area contributed by atoms with Gasteiger partial charge < -0.3 is 10.2 Å². The molecule has 0 bridgehead atoms. The van der Waals surface area contributed by atoms with Gasteiger partial charge in [0.05, 0.1) is 6.04 Å². The topological polar surface area (TPSA) is 49.4 Å². The van der Waals surface area contributed by atoms with Gasteiger partial charge in [-0.1, -0.05) is 44.2 Å². The van der Waals surface area contributed by atoms with Crippen molar-refractivity contribution in [2.24, 2.45) is 5.92 Å². The number of nitrogens with one attached hydrogen (secondary N) is 1. The van der Waals surface area contributed by atoms with Crippen molar-refractivity contribution in [1.82, 2.24) is 10.2 Å². The van der Waals surface area contributed by atoms with Crippen molar-refractivity contribution in [1.29, 1.82) is 0 Å². The van der Waals surface area contributed by atoms with Gasteiger partial charge in [-0.2, -0.15) is 0 Å². The molecule has 4 nitrogen and oxygen atoms in total. The number of carbonyl (C=O) groups excluding carboxylic acids is 2. The molecule has 1 aliphatic rings. The molecule has 1 saturated heterocycles. The maximum absolute atomic E-state index is 12.5. The number of hydrogen-bond donors (Lipinski definition) is 1. The van der Waals surface area contributed by atoms with E-state index in [2.05, 4.69) is 19.2 Å². The van der Waals surface area contributed by atoms with Crippen LogP contribution < -0.4 is 5.32 Å². The summed E-state index contributed by atoms with van der Waals surface area (Å²) in [5.41, 5.74) is 0.682. The van der Waals surface area contributed by atoms with Crippen LogP contribution in [0, 0.1) is 5.92 Å². The van der Waals surface area contributed by atoms with Crippen LogP contribution >= 0.6 is 0 Å². The monoisotopic (exact) mass is 274 g/mol. The molecule has 1 atom stereocenters. The number of carbonyl (C=O) groups is 2. The Kier molecular flexibility index (Phi) is 4.77. The average Bonchev–Trinajstić information content (AvgIpc) is 2.94. The van der Waals surface area contributed by atoms with Crippen LogP contribution in [0.3, 0.4) is 0 Å². The lowest BCUT2D eigenvalue weighted by molar-refractivity contribution is 0.0887. The number of amides is 2. The van der Waals surface area contributed by atoms with Gasteiger partial charge in [-0.15, -0.1) is 0 Å². The van der Waals surface area contributed by atoms with E-state index < -0.39 is 0 Å². The lowest BCUT2D eigenvalue weighted by Gasteiger charge is -2.24. The first kappa shape index (κ1) is 14.6. The number of likely N-dealkylation sites (tertiary alicyclic amines) is 1. The third-order valence-electron chi connectivity index (χ3n) is 3.54. The maximum Gasteiger partial charge on any atom is 0.318 e. The molecule has 2 rings (SSSR count). The van der Waals surface area contributed by atoms with E-state index in [9.17, 15) is 9.59 Å². The summed E-state index contributed by atoms with van der Waals surface area (Å²) in [6.45, 7) is 5.41. The molecule has 1 fully saturated rings. The maximum atomic E-state index is 12.5. The largest absolute Gasteiger partial charge is 0.338 e. The van der Waals surface area contributed by atoms with Crippen LogP contribution in [0.4, 0.5) is 4.79 Å². The van der Waals surface area contributed by atoms with Gasteiger partial charge in [0.25, 0.3) is 0 Å². The summed E-state index contributed by atoms with van der Waals surface area (Å²) in [4.78, 5) is 26.3. The van der Waals surface area contributed by atoms with Crippen molar-refractivity contribution < 1.29 is 9.59 Å². The minimum Gasteiger partial charge on any atom is -0.338 e. The molecule has 1 aromatic rings. The van der Waals surface area contributed by atoms with Gasteiger partial charge in [-0.3, -0.25) is 4.79 Å². The van der Waals surface area contributed by atoms with Gasteiger partial charge >= 0.3 is 6.03 Å². The number of nitrogens with zero attached hydrogens (tertiary/aromatic N) is 1. The Morgan fingerprint density at radius 2 is 2.00 bits per heavy atom. The molecule has 0 spiro atoms. The van der Waals surface area contributed by atoms with Crippen molar-refractivity contribution in [2.45, 2.75) is 32.7 Å². The van der Waals surface area contributed by atoms with E-state index >= 15 is 0 Å². The SMILES string of the molecule is CC(C)CNC(=O)N1CCCC1C(=O)c1ccccc1. The molecule has 1 aromatic carbocycles. The Hall–Kier alpha value is -1.84. The number of Topliss-reactive ketones (excluding diaryl/α,β-unsaturated/α-hetero) is 1. The molecule has 2 amide bonds. The lowest BCUT2D eigenvalue weighted by atomic mass is 10.0. The summed E-state index contributed by atoms with van der Waals surface area (Å²) in [5, 5.41) is 2.90. The summed E-state index contributed by atoms with van der Waals surface area (Å²) in [7, 11) is 0. The van der Waals surface area contributed by atoms with Crippen LogP contribution in [-0.4, -0.2) is 35.8 Å². The molecule has 0 saturated carbocycles. The standard InChI is InChI=1S/C16H22N2O2/c1-12(2)11-17-16(20)18-10-6-9-14(18)15(19)13-7-4-3-5-8-13/h3-5,7-8,12,14H,6,9-11H2,1-2H3,(H,17,20). The first-order valence-corrected chi connectivity index (χ1v) is 7.23. The van der Waals surface area contributed by atoms with Crippen LogP contribution in [0.1, 0.15) is 37.0 Å². The summed E-state index contributed by atoms with van der Waals surface area (Å²) >= 11 is 0. The highest BCUT2D eigenvalue weighted by Crippen LogP contribution is 2.21. The highest BCUT2D eigenvalue weighted by Gasteiger charge is 2.34. The van der Waals surface area contributed by atoms with E-state index in [0.717, 1.165) is 12.8 Å². The molecular formula is C16H22N2O2. The van der Waals surface area contributed by atoms with E-state index in [0.29, 0.717) is 24.6 Å². The second-order valence-electron chi connectivity index (χ2n) is 5.66. The number of benzene rings is 1. The Labute approximate surface area is 120 Å². The molecule has 1 heterocycles.